The highest BCUT2D eigenvalue weighted by molar-refractivity contribution is 5.94. The van der Waals surface area contributed by atoms with Crippen LogP contribution in [0.5, 0.6) is 0 Å². The lowest BCUT2D eigenvalue weighted by Crippen LogP contribution is -2.46. The Labute approximate surface area is 206 Å². The van der Waals surface area contributed by atoms with Crippen molar-refractivity contribution in [2.24, 2.45) is 0 Å². The monoisotopic (exact) mass is 476 g/mol. The largest absolute Gasteiger partial charge is 0.459 e. The number of rotatable bonds is 9. The highest BCUT2D eigenvalue weighted by atomic mass is 19.1. The Morgan fingerprint density at radius 1 is 0.971 bits per heavy atom. The first kappa shape index (κ1) is 24.8. The van der Waals surface area contributed by atoms with Crippen LogP contribution in [0.15, 0.2) is 66.9 Å². The Morgan fingerprint density at radius 2 is 1.69 bits per heavy atom. The molecule has 3 aromatic rings. The van der Waals surface area contributed by atoms with Gasteiger partial charge in [0.05, 0.1) is 6.10 Å². The van der Waals surface area contributed by atoms with Gasteiger partial charge in [-0.3, -0.25) is 4.90 Å². The van der Waals surface area contributed by atoms with Gasteiger partial charge in [-0.15, -0.1) is 0 Å². The van der Waals surface area contributed by atoms with Crippen LogP contribution in [0, 0.1) is 5.82 Å². The van der Waals surface area contributed by atoms with Gasteiger partial charge in [0.15, 0.2) is 0 Å². The van der Waals surface area contributed by atoms with Crippen molar-refractivity contribution in [3.8, 4) is 0 Å². The van der Waals surface area contributed by atoms with Crippen LogP contribution in [0.3, 0.4) is 0 Å². The van der Waals surface area contributed by atoms with Crippen LogP contribution in [-0.4, -0.2) is 48.1 Å². The number of halogens is 1. The minimum absolute atomic E-state index is 0.165. The molecule has 2 aromatic carbocycles. The average molecular weight is 477 g/mol. The van der Waals surface area contributed by atoms with Crippen molar-refractivity contribution in [3.63, 3.8) is 0 Å². The van der Waals surface area contributed by atoms with Crippen LogP contribution in [0.4, 0.5) is 10.2 Å². The topological polar surface area (TPSA) is 57.7 Å². The number of esters is 1. The van der Waals surface area contributed by atoms with E-state index in [1.54, 1.807) is 30.5 Å². The van der Waals surface area contributed by atoms with Gasteiger partial charge in [-0.2, -0.15) is 0 Å². The van der Waals surface area contributed by atoms with Crippen molar-refractivity contribution >= 4 is 11.8 Å². The molecule has 0 spiro atoms. The molecule has 1 aliphatic heterocycles. The molecule has 0 bridgehead atoms. The van der Waals surface area contributed by atoms with Gasteiger partial charge in [0.25, 0.3) is 0 Å². The third kappa shape index (κ3) is 6.87. The maximum Gasteiger partial charge on any atom is 0.342 e. The van der Waals surface area contributed by atoms with Crippen LogP contribution in [-0.2, 0) is 24.4 Å². The third-order valence-corrected chi connectivity index (χ3v) is 6.05. The zero-order valence-corrected chi connectivity index (χ0v) is 20.4. The number of hydrogen-bond acceptors (Lipinski definition) is 6. The summed E-state index contributed by atoms with van der Waals surface area (Å²) in [5.74, 6) is 0.198. The molecule has 6 nitrogen and oxygen atoms in total. The second-order valence-electron chi connectivity index (χ2n) is 9.10. The highest BCUT2D eigenvalue weighted by Crippen LogP contribution is 2.21. The maximum absolute atomic E-state index is 13.7. The average Bonchev–Trinajstić information content (AvgIpc) is 2.86. The molecule has 1 saturated heterocycles. The molecule has 2 heterocycles. The molecule has 35 heavy (non-hydrogen) atoms. The zero-order chi connectivity index (χ0) is 24.6. The number of hydrogen-bond donors (Lipinski definition) is 1. The van der Waals surface area contributed by atoms with E-state index in [1.807, 2.05) is 19.9 Å². The number of nitrogens with one attached hydrogen (secondary N) is 1. The molecule has 0 unspecified atom stereocenters. The van der Waals surface area contributed by atoms with Crippen molar-refractivity contribution in [1.82, 2.24) is 15.2 Å². The molecule has 184 valence electrons. The summed E-state index contributed by atoms with van der Waals surface area (Å²) in [4.78, 5) is 21.5. The number of anilines is 1. The summed E-state index contributed by atoms with van der Waals surface area (Å²) in [5, 5.41) is 3.31. The maximum atomic E-state index is 13.7. The first-order valence-electron chi connectivity index (χ1n) is 12.1. The number of pyridine rings is 1. The lowest BCUT2D eigenvalue weighted by atomic mass is 10.1. The number of aromatic nitrogens is 1. The fraction of sp³-hybridized carbons (Fsp3) is 0.357. The molecular formula is C28H33FN4O2. The molecule has 1 N–H and O–H groups in total. The molecule has 4 rings (SSSR count). The predicted octanol–water partition coefficient (Wildman–Crippen LogP) is 4.40. The Kier molecular flexibility index (Phi) is 8.45. The molecule has 0 radical (unpaired) electrons. The lowest BCUT2D eigenvalue weighted by Gasteiger charge is -2.36. The van der Waals surface area contributed by atoms with Crippen LogP contribution in [0.2, 0.25) is 0 Å². The normalized spacial score (nSPS) is 14.3. The SMILES string of the molecule is CC(C)OC(=O)c1cccnc1N1CCN(Cc2ccc(CNCc3ccccc3F)cc2)CC1. The van der Waals surface area contributed by atoms with Crippen LogP contribution in [0.1, 0.15) is 40.9 Å². The molecule has 0 saturated carbocycles. The van der Waals surface area contributed by atoms with Crippen molar-refractivity contribution < 1.29 is 13.9 Å². The zero-order valence-electron chi connectivity index (χ0n) is 20.4. The molecule has 0 amide bonds. The molecular weight excluding hydrogens is 443 g/mol. The molecule has 1 aromatic heterocycles. The highest BCUT2D eigenvalue weighted by Gasteiger charge is 2.23. The Hall–Kier alpha value is -3.29. The van der Waals surface area contributed by atoms with Crippen molar-refractivity contribution in [1.29, 1.82) is 0 Å². The summed E-state index contributed by atoms with van der Waals surface area (Å²) in [5.41, 5.74) is 3.63. The third-order valence-electron chi connectivity index (χ3n) is 6.05. The predicted molar refractivity (Wildman–Crippen MR) is 136 cm³/mol. The van der Waals surface area contributed by atoms with E-state index in [9.17, 15) is 9.18 Å². The van der Waals surface area contributed by atoms with Gasteiger partial charge in [-0.1, -0.05) is 42.5 Å². The van der Waals surface area contributed by atoms with E-state index in [-0.39, 0.29) is 17.9 Å². The quantitative estimate of drug-likeness (QED) is 0.462. The van der Waals surface area contributed by atoms with E-state index in [1.165, 1.54) is 17.2 Å². The van der Waals surface area contributed by atoms with Gasteiger partial charge in [0.2, 0.25) is 0 Å². The fourth-order valence-electron chi connectivity index (χ4n) is 4.21. The van der Waals surface area contributed by atoms with Crippen LogP contribution < -0.4 is 10.2 Å². The van der Waals surface area contributed by atoms with E-state index in [0.717, 1.165) is 32.7 Å². The minimum Gasteiger partial charge on any atom is -0.459 e. The van der Waals surface area contributed by atoms with Gasteiger partial charge in [-0.25, -0.2) is 14.2 Å². The Balaban J connectivity index is 1.26. The molecule has 0 aliphatic carbocycles. The second kappa shape index (κ2) is 11.9. The van der Waals surface area contributed by atoms with E-state index in [0.29, 0.717) is 30.0 Å². The summed E-state index contributed by atoms with van der Waals surface area (Å²) in [6, 6.07) is 19.0. The van der Waals surface area contributed by atoms with Gasteiger partial charge < -0.3 is 15.0 Å². The van der Waals surface area contributed by atoms with Crippen molar-refractivity contribution in [2.75, 3.05) is 31.1 Å². The first-order valence-corrected chi connectivity index (χ1v) is 12.1. The molecule has 7 heteroatoms. The number of nitrogens with zero attached hydrogens (tertiary/aromatic N) is 3. The van der Waals surface area contributed by atoms with E-state index in [4.69, 9.17) is 4.74 Å². The standard InChI is InChI=1S/C28H33FN4O2/c1-21(2)35-28(34)25-7-5-13-31-27(25)33-16-14-32(15-17-33)20-23-11-9-22(10-12-23)18-30-19-24-6-3-4-8-26(24)29/h3-13,21,30H,14-20H2,1-2H3. The first-order chi connectivity index (χ1) is 17.0. The van der Waals surface area contributed by atoms with Gasteiger partial charge in [0, 0.05) is 57.6 Å². The number of ether oxygens (including phenoxy) is 1. The summed E-state index contributed by atoms with van der Waals surface area (Å²) in [7, 11) is 0. The summed E-state index contributed by atoms with van der Waals surface area (Å²) >= 11 is 0. The van der Waals surface area contributed by atoms with E-state index in [2.05, 4.69) is 44.4 Å². The minimum atomic E-state index is -0.325. The molecule has 1 aliphatic rings. The van der Waals surface area contributed by atoms with Crippen LogP contribution >= 0.6 is 0 Å². The van der Waals surface area contributed by atoms with Crippen molar-refractivity contribution in [3.05, 3.63) is 94.9 Å². The van der Waals surface area contributed by atoms with Crippen molar-refractivity contribution in [2.45, 2.75) is 39.6 Å². The second-order valence-corrected chi connectivity index (χ2v) is 9.10. The number of piperazine rings is 1. The molecule has 0 atom stereocenters. The summed E-state index contributed by atoms with van der Waals surface area (Å²) in [6.07, 6.45) is 1.56. The van der Waals surface area contributed by atoms with Crippen LogP contribution in [0.25, 0.3) is 0 Å². The van der Waals surface area contributed by atoms with E-state index >= 15 is 0 Å². The summed E-state index contributed by atoms with van der Waals surface area (Å²) in [6.45, 7) is 9.16. The van der Waals surface area contributed by atoms with Gasteiger partial charge in [0.1, 0.15) is 17.2 Å². The fourth-order valence-corrected chi connectivity index (χ4v) is 4.21. The smallest absolute Gasteiger partial charge is 0.342 e. The molecule has 1 fully saturated rings. The van der Waals surface area contributed by atoms with Gasteiger partial charge >= 0.3 is 5.97 Å². The summed E-state index contributed by atoms with van der Waals surface area (Å²) < 4.78 is 19.1. The van der Waals surface area contributed by atoms with Gasteiger partial charge in [-0.05, 0) is 43.2 Å². The number of carbonyl (C=O) groups is 1. The lowest BCUT2D eigenvalue weighted by molar-refractivity contribution is 0.0378. The Bertz CT molecular complexity index is 1110. The number of carbonyl (C=O) groups excluding carboxylic acids is 1. The number of benzene rings is 2. The Morgan fingerprint density at radius 3 is 2.40 bits per heavy atom. The van der Waals surface area contributed by atoms with E-state index < -0.39 is 0 Å².